The van der Waals surface area contributed by atoms with E-state index < -0.39 is 0 Å². The van der Waals surface area contributed by atoms with E-state index in [-0.39, 0.29) is 0 Å². The molecule has 0 heterocycles. The van der Waals surface area contributed by atoms with Crippen LogP contribution in [0, 0.1) is 12.8 Å². The molecular formula is C19H36N2. The third kappa shape index (κ3) is 16.8. The highest BCUT2D eigenvalue weighted by molar-refractivity contribution is 5.11. The number of hydrogen-bond acceptors (Lipinski definition) is 2. The van der Waals surface area contributed by atoms with Crippen molar-refractivity contribution in [3.05, 3.63) is 48.0 Å². The van der Waals surface area contributed by atoms with Crippen molar-refractivity contribution in [1.82, 2.24) is 4.90 Å². The number of nitrogens with zero attached hydrogens (tertiary/aromatic N) is 1. The largest absolute Gasteiger partial charge is 0.327 e. The summed E-state index contributed by atoms with van der Waals surface area (Å²) in [6.45, 7) is 11.5. The first-order valence-corrected chi connectivity index (χ1v) is 7.88. The van der Waals surface area contributed by atoms with Crippen molar-refractivity contribution in [2.45, 2.75) is 47.1 Å². The maximum Gasteiger partial charge on any atom is 0.00740 e. The number of rotatable bonds is 4. The molecule has 0 amide bonds. The van der Waals surface area contributed by atoms with Crippen LogP contribution in [0.3, 0.4) is 0 Å². The molecule has 1 rings (SSSR count). The lowest BCUT2D eigenvalue weighted by Gasteiger charge is -2.21. The summed E-state index contributed by atoms with van der Waals surface area (Å²) in [4.78, 5) is 2.18. The summed E-state index contributed by atoms with van der Waals surface area (Å²) in [5.41, 5.74) is 7.16. The zero-order valence-electron chi connectivity index (χ0n) is 15.1. The molecule has 0 aliphatic carbocycles. The van der Waals surface area contributed by atoms with E-state index in [4.69, 9.17) is 5.73 Å². The quantitative estimate of drug-likeness (QED) is 0.828. The van der Waals surface area contributed by atoms with E-state index in [0.29, 0.717) is 12.0 Å². The molecule has 0 bridgehead atoms. The van der Waals surface area contributed by atoms with Crippen molar-refractivity contribution in [2.75, 3.05) is 20.6 Å². The second-order valence-electron chi connectivity index (χ2n) is 5.63. The number of nitrogens with two attached hydrogens (primary N) is 1. The smallest absolute Gasteiger partial charge is 0.00740 e. The maximum atomic E-state index is 5.84. The predicted octanol–water partition coefficient (Wildman–Crippen LogP) is 4.50. The topological polar surface area (TPSA) is 29.3 Å². The van der Waals surface area contributed by atoms with Crippen LogP contribution in [0.2, 0.25) is 0 Å². The first-order valence-electron chi connectivity index (χ1n) is 7.88. The van der Waals surface area contributed by atoms with Crippen molar-refractivity contribution in [1.29, 1.82) is 0 Å². The molecule has 2 unspecified atom stereocenters. The monoisotopic (exact) mass is 292 g/mol. The Bertz CT molecular complexity index is 327. The molecule has 21 heavy (non-hydrogen) atoms. The highest BCUT2D eigenvalue weighted by atomic mass is 15.1. The molecule has 0 aromatic heterocycles. The Balaban J connectivity index is 0. The molecule has 0 aliphatic rings. The Labute approximate surface area is 133 Å². The average molecular weight is 293 g/mol. The van der Waals surface area contributed by atoms with Crippen LogP contribution < -0.4 is 5.73 Å². The molecule has 0 saturated heterocycles. The van der Waals surface area contributed by atoms with Gasteiger partial charge >= 0.3 is 0 Å². The molecule has 1 aromatic carbocycles. The van der Waals surface area contributed by atoms with E-state index in [2.05, 4.69) is 51.9 Å². The normalized spacial score (nSPS) is 13.0. The van der Waals surface area contributed by atoms with Gasteiger partial charge in [0, 0.05) is 12.6 Å². The fourth-order valence-electron chi connectivity index (χ4n) is 1.65. The first kappa shape index (κ1) is 22.2. The Hall–Kier alpha value is -1.12. The van der Waals surface area contributed by atoms with Crippen molar-refractivity contribution >= 4 is 0 Å². The van der Waals surface area contributed by atoms with Gasteiger partial charge in [-0.25, -0.2) is 0 Å². The van der Waals surface area contributed by atoms with E-state index in [9.17, 15) is 0 Å². The van der Waals surface area contributed by atoms with Crippen molar-refractivity contribution in [3.63, 3.8) is 0 Å². The van der Waals surface area contributed by atoms with Gasteiger partial charge in [-0.05, 0) is 47.2 Å². The molecule has 122 valence electrons. The minimum Gasteiger partial charge on any atom is -0.327 e. The SMILES string of the molecule is C/C=C\C.CCC(N)C(C)CN(C)C.Cc1ccccc1. The van der Waals surface area contributed by atoms with Crippen molar-refractivity contribution < 1.29 is 0 Å². The third-order valence-corrected chi connectivity index (χ3v) is 3.13. The van der Waals surface area contributed by atoms with E-state index in [1.54, 1.807) is 0 Å². The molecule has 1 aromatic rings. The van der Waals surface area contributed by atoms with E-state index in [1.165, 1.54) is 5.56 Å². The minimum atomic E-state index is 0.363. The average Bonchev–Trinajstić information content (AvgIpc) is 2.47. The van der Waals surface area contributed by atoms with Crippen LogP contribution in [-0.2, 0) is 0 Å². The molecule has 0 saturated carbocycles. The van der Waals surface area contributed by atoms with Gasteiger partial charge in [0.1, 0.15) is 0 Å². The second-order valence-corrected chi connectivity index (χ2v) is 5.63. The molecule has 0 aliphatic heterocycles. The lowest BCUT2D eigenvalue weighted by molar-refractivity contribution is 0.302. The van der Waals surface area contributed by atoms with E-state index in [0.717, 1.165) is 13.0 Å². The van der Waals surface area contributed by atoms with Gasteiger partial charge in [-0.2, -0.15) is 0 Å². The zero-order valence-corrected chi connectivity index (χ0v) is 15.1. The summed E-state index contributed by atoms with van der Waals surface area (Å²) in [6, 6.07) is 10.6. The second kappa shape index (κ2) is 15.3. The van der Waals surface area contributed by atoms with Crippen LogP contribution in [0.5, 0.6) is 0 Å². The van der Waals surface area contributed by atoms with Crippen LogP contribution in [0.4, 0.5) is 0 Å². The van der Waals surface area contributed by atoms with Gasteiger partial charge in [-0.15, -0.1) is 0 Å². The molecule has 2 heteroatoms. The lowest BCUT2D eigenvalue weighted by atomic mass is 10.0. The number of hydrogen-bond donors (Lipinski definition) is 1. The predicted molar refractivity (Wildman–Crippen MR) is 97.7 cm³/mol. The third-order valence-electron chi connectivity index (χ3n) is 3.13. The van der Waals surface area contributed by atoms with Crippen LogP contribution in [0.1, 0.15) is 39.7 Å². The number of aryl methyl sites for hydroxylation is 1. The highest BCUT2D eigenvalue weighted by Crippen LogP contribution is 2.04. The molecule has 2 atom stereocenters. The van der Waals surface area contributed by atoms with Gasteiger partial charge in [-0.3, -0.25) is 0 Å². The van der Waals surface area contributed by atoms with Gasteiger partial charge in [0.05, 0.1) is 0 Å². The molecule has 2 nitrogen and oxygen atoms in total. The summed E-state index contributed by atoms with van der Waals surface area (Å²) in [5, 5.41) is 0. The Kier molecular flexibility index (Phi) is 16.1. The molecule has 2 N–H and O–H groups in total. The van der Waals surface area contributed by atoms with Gasteiger partial charge in [-0.1, -0.05) is 61.9 Å². The Morgan fingerprint density at radius 1 is 1.10 bits per heavy atom. The minimum absolute atomic E-state index is 0.363. The summed E-state index contributed by atoms with van der Waals surface area (Å²) in [7, 11) is 4.16. The summed E-state index contributed by atoms with van der Waals surface area (Å²) < 4.78 is 0. The van der Waals surface area contributed by atoms with E-state index in [1.807, 2.05) is 44.2 Å². The van der Waals surface area contributed by atoms with Gasteiger partial charge < -0.3 is 10.6 Å². The summed E-state index contributed by atoms with van der Waals surface area (Å²) in [5.74, 6) is 0.611. The van der Waals surface area contributed by atoms with Crippen LogP contribution >= 0.6 is 0 Å². The zero-order chi connectivity index (χ0) is 16.7. The summed E-state index contributed by atoms with van der Waals surface area (Å²) >= 11 is 0. The van der Waals surface area contributed by atoms with Crippen LogP contribution in [0.25, 0.3) is 0 Å². The van der Waals surface area contributed by atoms with Crippen molar-refractivity contribution in [2.24, 2.45) is 11.7 Å². The fraction of sp³-hybridized carbons (Fsp3) is 0.579. The van der Waals surface area contributed by atoms with Crippen LogP contribution in [0.15, 0.2) is 42.5 Å². The first-order chi connectivity index (χ1) is 9.88. The maximum absolute atomic E-state index is 5.84. The Morgan fingerprint density at radius 2 is 1.57 bits per heavy atom. The lowest BCUT2D eigenvalue weighted by Crippen LogP contribution is -2.34. The van der Waals surface area contributed by atoms with Crippen LogP contribution in [-0.4, -0.2) is 31.6 Å². The number of allylic oxidation sites excluding steroid dienone is 2. The molecule has 0 radical (unpaired) electrons. The van der Waals surface area contributed by atoms with Gasteiger partial charge in [0.2, 0.25) is 0 Å². The fourth-order valence-corrected chi connectivity index (χ4v) is 1.65. The number of benzene rings is 1. The molecule has 0 fully saturated rings. The highest BCUT2D eigenvalue weighted by Gasteiger charge is 2.10. The van der Waals surface area contributed by atoms with E-state index >= 15 is 0 Å². The Morgan fingerprint density at radius 3 is 1.81 bits per heavy atom. The standard InChI is InChI=1S/C8H20N2.C7H8.C4H8/c1-5-8(9)7(2)6-10(3)4;1-7-5-3-2-4-6-7;1-3-4-2/h7-8H,5-6,9H2,1-4H3;2-6H,1H3;3-4H,1-2H3/b;;4-3-. The van der Waals surface area contributed by atoms with Gasteiger partial charge in [0.15, 0.2) is 0 Å². The van der Waals surface area contributed by atoms with Gasteiger partial charge in [0.25, 0.3) is 0 Å². The van der Waals surface area contributed by atoms with Crippen molar-refractivity contribution in [3.8, 4) is 0 Å². The molecular weight excluding hydrogens is 256 g/mol. The molecule has 0 spiro atoms. The summed E-state index contributed by atoms with van der Waals surface area (Å²) in [6.07, 6.45) is 5.08.